The minimum Gasteiger partial charge on any atom is -0.476 e. The summed E-state index contributed by atoms with van der Waals surface area (Å²) in [6, 6.07) is 1.35. The summed E-state index contributed by atoms with van der Waals surface area (Å²) in [5.41, 5.74) is 1.25. The average molecular weight is 400 g/mol. The van der Waals surface area contributed by atoms with Crippen molar-refractivity contribution in [1.82, 2.24) is 34.7 Å². The number of aryl methyl sites for hydroxylation is 3. The fourth-order valence-corrected chi connectivity index (χ4v) is 2.66. The molecule has 0 aliphatic heterocycles. The summed E-state index contributed by atoms with van der Waals surface area (Å²) in [5.74, 6) is -1.88. The molecular weight excluding hydrogens is 380 g/mol. The van der Waals surface area contributed by atoms with Crippen molar-refractivity contribution in [2.75, 3.05) is 5.32 Å². The van der Waals surface area contributed by atoms with E-state index in [0.717, 1.165) is 5.56 Å². The number of carbonyl (C=O) groups excluding carboxylic acids is 2. The third-order valence-electron chi connectivity index (χ3n) is 4.07. The Balaban J connectivity index is 1.58. The first-order valence-corrected chi connectivity index (χ1v) is 8.68. The number of hydrogen-bond donors (Lipinski definition) is 3. The van der Waals surface area contributed by atoms with Gasteiger partial charge in [-0.25, -0.2) is 4.79 Å². The van der Waals surface area contributed by atoms with Gasteiger partial charge >= 0.3 is 5.97 Å². The van der Waals surface area contributed by atoms with Gasteiger partial charge < -0.3 is 15.7 Å². The van der Waals surface area contributed by atoms with E-state index in [4.69, 9.17) is 5.11 Å². The smallest absolute Gasteiger partial charge is 0.356 e. The van der Waals surface area contributed by atoms with Gasteiger partial charge in [0.15, 0.2) is 5.69 Å². The van der Waals surface area contributed by atoms with Crippen LogP contribution in [0.2, 0.25) is 0 Å². The number of hydrogen-bond acceptors (Lipinski definition) is 6. The maximum Gasteiger partial charge on any atom is 0.356 e. The Bertz CT molecular complexity index is 1050. The molecule has 3 heterocycles. The first-order valence-electron chi connectivity index (χ1n) is 8.68. The molecule has 0 spiro atoms. The van der Waals surface area contributed by atoms with Crippen LogP contribution in [-0.4, -0.2) is 52.2 Å². The van der Waals surface area contributed by atoms with E-state index in [0.29, 0.717) is 0 Å². The van der Waals surface area contributed by atoms with Gasteiger partial charge in [-0.05, 0) is 6.07 Å². The molecule has 29 heavy (non-hydrogen) atoms. The number of aromatic carboxylic acids is 1. The summed E-state index contributed by atoms with van der Waals surface area (Å²) >= 11 is 0. The number of amides is 2. The van der Waals surface area contributed by atoms with E-state index in [1.807, 2.05) is 0 Å². The Morgan fingerprint density at radius 1 is 1.17 bits per heavy atom. The zero-order valence-electron chi connectivity index (χ0n) is 15.9. The first-order chi connectivity index (χ1) is 13.8. The second-order valence-electron chi connectivity index (χ2n) is 6.30. The minimum absolute atomic E-state index is 0.0480. The molecule has 3 aromatic rings. The van der Waals surface area contributed by atoms with E-state index in [9.17, 15) is 14.4 Å². The zero-order chi connectivity index (χ0) is 21.0. The summed E-state index contributed by atoms with van der Waals surface area (Å²) < 4.78 is 4.38. The van der Waals surface area contributed by atoms with E-state index >= 15 is 0 Å². The van der Waals surface area contributed by atoms with E-state index in [-0.39, 0.29) is 48.4 Å². The summed E-state index contributed by atoms with van der Waals surface area (Å²) in [7, 11) is 3.39. The highest BCUT2D eigenvalue weighted by Gasteiger charge is 2.19. The van der Waals surface area contributed by atoms with Crippen LogP contribution in [0.15, 0.2) is 30.9 Å². The molecule has 0 aromatic carbocycles. The van der Waals surface area contributed by atoms with Crippen LogP contribution >= 0.6 is 0 Å². The molecule has 152 valence electrons. The number of carbonyl (C=O) groups is 3. The van der Waals surface area contributed by atoms with Crippen LogP contribution in [0.5, 0.6) is 0 Å². The maximum atomic E-state index is 12.5. The van der Waals surface area contributed by atoms with E-state index in [1.54, 1.807) is 31.2 Å². The van der Waals surface area contributed by atoms with Gasteiger partial charge in [0.25, 0.3) is 5.91 Å². The zero-order valence-corrected chi connectivity index (χ0v) is 15.9. The van der Waals surface area contributed by atoms with Gasteiger partial charge in [0, 0.05) is 51.6 Å². The lowest BCUT2D eigenvalue weighted by Gasteiger charge is -2.08. The Kier molecular flexibility index (Phi) is 5.71. The number of nitrogens with one attached hydrogen (secondary N) is 2. The molecule has 12 heteroatoms. The third kappa shape index (κ3) is 4.86. The topological polar surface area (TPSA) is 149 Å². The fourth-order valence-electron chi connectivity index (χ4n) is 2.66. The molecular formula is C17H20N8O4. The molecule has 3 N–H and O–H groups in total. The SMILES string of the molecule is Cn1cc(CNC(=O)c2c(NC(=O)CCn3ccc(C(=O)O)n3)cnn2C)cn1. The molecule has 0 fully saturated rings. The highest BCUT2D eigenvalue weighted by Crippen LogP contribution is 2.15. The number of aromatic nitrogens is 6. The van der Waals surface area contributed by atoms with Crippen molar-refractivity contribution in [2.45, 2.75) is 19.5 Å². The third-order valence-corrected chi connectivity index (χ3v) is 4.07. The fraction of sp³-hybridized carbons (Fsp3) is 0.294. The number of carboxylic acids is 1. The first kappa shape index (κ1) is 19.8. The lowest BCUT2D eigenvalue weighted by molar-refractivity contribution is -0.116. The van der Waals surface area contributed by atoms with Gasteiger partial charge in [-0.2, -0.15) is 15.3 Å². The van der Waals surface area contributed by atoms with Gasteiger partial charge in [-0.15, -0.1) is 0 Å². The molecule has 2 amide bonds. The summed E-state index contributed by atoms with van der Waals surface area (Å²) in [6.07, 6.45) is 6.37. The summed E-state index contributed by atoms with van der Waals surface area (Å²) in [5, 5.41) is 26.2. The van der Waals surface area contributed by atoms with Crippen molar-refractivity contribution in [2.24, 2.45) is 14.1 Å². The van der Waals surface area contributed by atoms with Crippen LogP contribution in [0.4, 0.5) is 5.69 Å². The predicted molar refractivity (Wildman–Crippen MR) is 100 cm³/mol. The normalized spacial score (nSPS) is 10.7. The number of anilines is 1. The predicted octanol–water partition coefficient (Wildman–Crippen LogP) is 0.00710. The number of nitrogens with zero attached hydrogens (tertiary/aromatic N) is 6. The van der Waals surface area contributed by atoms with Gasteiger partial charge in [0.05, 0.1) is 18.1 Å². The Labute approximate surface area is 165 Å². The molecule has 0 saturated carbocycles. The van der Waals surface area contributed by atoms with Crippen LogP contribution in [0.3, 0.4) is 0 Å². The molecule has 0 aliphatic rings. The van der Waals surface area contributed by atoms with E-state index in [2.05, 4.69) is 25.9 Å². The van der Waals surface area contributed by atoms with Crippen LogP contribution in [0.25, 0.3) is 0 Å². The van der Waals surface area contributed by atoms with E-state index in [1.165, 1.54) is 27.8 Å². The summed E-state index contributed by atoms with van der Waals surface area (Å²) in [6.45, 7) is 0.484. The number of carboxylic acid groups (broad SMARTS) is 1. The molecule has 3 rings (SSSR count). The van der Waals surface area contributed by atoms with Crippen LogP contribution < -0.4 is 10.6 Å². The molecule has 3 aromatic heterocycles. The largest absolute Gasteiger partial charge is 0.476 e. The van der Waals surface area contributed by atoms with E-state index < -0.39 is 5.97 Å². The van der Waals surface area contributed by atoms with Gasteiger partial charge in [0.1, 0.15) is 5.69 Å². The molecule has 0 atom stereocenters. The van der Waals surface area contributed by atoms with Crippen LogP contribution in [0, 0.1) is 0 Å². The second-order valence-corrected chi connectivity index (χ2v) is 6.30. The van der Waals surface area contributed by atoms with Crippen molar-refractivity contribution in [3.05, 3.63) is 47.8 Å². The lowest BCUT2D eigenvalue weighted by Crippen LogP contribution is -2.26. The molecule has 0 unspecified atom stereocenters. The highest BCUT2D eigenvalue weighted by atomic mass is 16.4. The minimum atomic E-state index is -1.13. The molecule has 0 aliphatic carbocycles. The molecule has 0 radical (unpaired) electrons. The van der Waals surface area contributed by atoms with Crippen molar-refractivity contribution in [3.8, 4) is 0 Å². The Hall–Kier alpha value is -3.96. The summed E-state index contributed by atoms with van der Waals surface area (Å²) in [4.78, 5) is 35.6. The van der Waals surface area contributed by atoms with Crippen LogP contribution in [-0.2, 0) is 32.0 Å². The van der Waals surface area contributed by atoms with Crippen molar-refractivity contribution < 1.29 is 19.5 Å². The second kappa shape index (κ2) is 8.37. The monoisotopic (exact) mass is 400 g/mol. The van der Waals surface area contributed by atoms with Crippen molar-refractivity contribution >= 4 is 23.5 Å². The standard InChI is InChI=1S/C17H20N8O4/c1-23-10-11(8-19-23)7-18-16(27)15-13(9-20-24(15)2)21-14(26)4-6-25-5-3-12(22-25)17(28)29/h3,5,8-10H,4,6-7H2,1-2H3,(H,18,27)(H,21,26)(H,28,29). The number of rotatable bonds is 8. The van der Waals surface area contributed by atoms with Gasteiger partial charge in [-0.1, -0.05) is 0 Å². The van der Waals surface area contributed by atoms with Gasteiger partial charge in [0.2, 0.25) is 5.91 Å². The average Bonchev–Trinajstić information content (AvgIpc) is 3.39. The Morgan fingerprint density at radius 2 is 1.97 bits per heavy atom. The highest BCUT2D eigenvalue weighted by molar-refractivity contribution is 6.02. The van der Waals surface area contributed by atoms with Crippen molar-refractivity contribution in [3.63, 3.8) is 0 Å². The Morgan fingerprint density at radius 3 is 2.62 bits per heavy atom. The van der Waals surface area contributed by atoms with Crippen molar-refractivity contribution in [1.29, 1.82) is 0 Å². The quantitative estimate of drug-likeness (QED) is 0.482. The lowest BCUT2D eigenvalue weighted by atomic mass is 10.3. The molecule has 0 saturated heterocycles. The maximum absolute atomic E-state index is 12.5. The molecule has 0 bridgehead atoms. The van der Waals surface area contributed by atoms with Crippen LogP contribution in [0.1, 0.15) is 33.0 Å². The molecule has 12 nitrogen and oxygen atoms in total. The van der Waals surface area contributed by atoms with Gasteiger partial charge in [-0.3, -0.25) is 23.6 Å².